The second-order valence-electron chi connectivity index (χ2n) is 7.19. The zero-order valence-corrected chi connectivity index (χ0v) is 16.5. The van der Waals surface area contributed by atoms with E-state index in [0.717, 1.165) is 33.7 Å². The van der Waals surface area contributed by atoms with Gasteiger partial charge >= 0.3 is 0 Å². The first kappa shape index (κ1) is 17.2. The van der Waals surface area contributed by atoms with Crippen LogP contribution in [0.15, 0.2) is 85.0 Å². The molecule has 0 aliphatic carbocycles. The van der Waals surface area contributed by atoms with Crippen LogP contribution in [0.4, 0.5) is 5.95 Å². The van der Waals surface area contributed by atoms with E-state index in [1.54, 1.807) is 12.5 Å². The molecule has 0 bridgehead atoms. The average Bonchev–Trinajstić information content (AvgIpc) is 3.26. The lowest BCUT2D eigenvalue weighted by molar-refractivity contribution is 0.223. The van der Waals surface area contributed by atoms with E-state index >= 15 is 0 Å². The van der Waals surface area contributed by atoms with Crippen molar-refractivity contribution in [3.05, 3.63) is 107 Å². The highest BCUT2D eigenvalue weighted by Gasteiger charge is 2.41. The largest absolute Gasteiger partial charge is 0.480 e. The van der Waals surface area contributed by atoms with Crippen LogP contribution >= 0.6 is 11.6 Å². The third-order valence-electron chi connectivity index (χ3n) is 5.51. The Labute approximate surface area is 177 Å². The smallest absolute Gasteiger partial charge is 0.226 e. The average molecular weight is 414 g/mol. The van der Waals surface area contributed by atoms with E-state index in [1.165, 1.54) is 0 Å². The first-order chi connectivity index (χ1) is 14.8. The molecule has 0 unspecified atom stereocenters. The van der Waals surface area contributed by atoms with Gasteiger partial charge in [-0.05, 0) is 29.8 Å². The van der Waals surface area contributed by atoms with Gasteiger partial charge in [0.15, 0.2) is 6.10 Å². The van der Waals surface area contributed by atoms with Gasteiger partial charge in [-0.3, -0.25) is 4.98 Å². The van der Waals surface area contributed by atoms with Gasteiger partial charge in [0.25, 0.3) is 0 Å². The molecule has 7 heteroatoms. The molecule has 2 aromatic heterocycles. The first-order valence-electron chi connectivity index (χ1n) is 9.62. The summed E-state index contributed by atoms with van der Waals surface area (Å²) in [5, 5.41) is 8.64. The van der Waals surface area contributed by atoms with Crippen molar-refractivity contribution in [2.75, 3.05) is 5.32 Å². The lowest BCUT2D eigenvalue weighted by Gasteiger charge is -2.39. The number of halogens is 1. The van der Waals surface area contributed by atoms with Crippen LogP contribution in [0.25, 0.3) is 5.70 Å². The van der Waals surface area contributed by atoms with Crippen LogP contribution in [-0.2, 0) is 0 Å². The van der Waals surface area contributed by atoms with Gasteiger partial charge in [-0.25, -0.2) is 4.68 Å². The highest BCUT2D eigenvalue weighted by Crippen LogP contribution is 2.51. The van der Waals surface area contributed by atoms with Gasteiger partial charge in [0.2, 0.25) is 5.95 Å². The maximum Gasteiger partial charge on any atom is 0.226 e. The van der Waals surface area contributed by atoms with Gasteiger partial charge in [-0.1, -0.05) is 48.0 Å². The number of anilines is 1. The number of benzene rings is 2. The van der Waals surface area contributed by atoms with Gasteiger partial charge < -0.3 is 10.1 Å². The summed E-state index contributed by atoms with van der Waals surface area (Å²) in [5.41, 5.74) is 4.88. The minimum atomic E-state index is -0.390. The predicted octanol–water partition coefficient (Wildman–Crippen LogP) is 4.89. The Morgan fingerprint density at radius 2 is 1.87 bits per heavy atom. The maximum atomic E-state index is 6.62. The molecule has 2 aliphatic heterocycles. The summed E-state index contributed by atoms with van der Waals surface area (Å²) in [7, 11) is 0. The molecule has 2 atom stereocenters. The number of ether oxygens (including phenoxy) is 1. The zero-order valence-electron chi connectivity index (χ0n) is 15.7. The van der Waals surface area contributed by atoms with Crippen molar-refractivity contribution in [3.63, 3.8) is 0 Å². The second kappa shape index (κ2) is 6.71. The summed E-state index contributed by atoms with van der Waals surface area (Å²) >= 11 is 6.62. The standard InChI is InChI=1S/C23H16ClN5O/c24-17-9-3-1-7-15(17)22-19-20(16-8-2-4-10-18(16)30-22)28-23-26-13-27-29(23)21(19)14-6-5-11-25-12-14/h1-13,21-22H,(H,26,27,28)/t21-,22-/m0/s1. The highest BCUT2D eigenvalue weighted by atomic mass is 35.5. The van der Waals surface area contributed by atoms with E-state index in [1.807, 2.05) is 71.5 Å². The van der Waals surface area contributed by atoms with Crippen LogP contribution in [0.2, 0.25) is 5.02 Å². The van der Waals surface area contributed by atoms with E-state index < -0.39 is 6.10 Å². The van der Waals surface area contributed by atoms with Crippen LogP contribution in [0.3, 0.4) is 0 Å². The number of hydrogen-bond acceptors (Lipinski definition) is 5. The lowest BCUT2D eigenvalue weighted by Crippen LogP contribution is -2.32. The fourth-order valence-corrected chi connectivity index (χ4v) is 4.46. The number of nitrogens with one attached hydrogen (secondary N) is 1. The SMILES string of the molecule is Clc1ccccc1[C@@H]1Oc2ccccc2C2=C1[C@H](c1cccnc1)n1ncnc1N2. The summed E-state index contributed by atoms with van der Waals surface area (Å²) in [6, 6.07) is 19.5. The van der Waals surface area contributed by atoms with Crippen LogP contribution in [0.1, 0.15) is 28.8 Å². The zero-order chi connectivity index (χ0) is 20.1. The van der Waals surface area contributed by atoms with Crippen molar-refractivity contribution in [2.24, 2.45) is 0 Å². The molecule has 4 aromatic rings. The Hall–Kier alpha value is -3.64. The molecule has 146 valence electrons. The second-order valence-corrected chi connectivity index (χ2v) is 7.60. The first-order valence-corrected chi connectivity index (χ1v) is 10.00. The molecule has 0 saturated heterocycles. The van der Waals surface area contributed by atoms with Gasteiger partial charge in [-0.2, -0.15) is 10.1 Å². The molecule has 0 fully saturated rings. The van der Waals surface area contributed by atoms with Crippen LogP contribution in [-0.4, -0.2) is 19.7 Å². The molecule has 0 spiro atoms. The summed E-state index contributed by atoms with van der Waals surface area (Å²) in [5.74, 6) is 1.48. The highest BCUT2D eigenvalue weighted by molar-refractivity contribution is 6.31. The van der Waals surface area contributed by atoms with Gasteiger partial charge in [-0.15, -0.1) is 0 Å². The third-order valence-corrected chi connectivity index (χ3v) is 5.85. The van der Waals surface area contributed by atoms with E-state index in [4.69, 9.17) is 16.3 Å². The van der Waals surface area contributed by atoms with Gasteiger partial charge in [0.05, 0.1) is 5.70 Å². The molecule has 0 radical (unpaired) electrons. The molecule has 6 rings (SSSR count). The molecule has 6 nitrogen and oxygen atoms in total. The van der Waals surface area contributed by atoms with Crippen molar-refractivity contribution < 1.29 is 4.74 Å². The summed E-state index contributed by atoms with van der Waals surface area (Å²) in [6.45, 7) is 0. The van der Waals surface area contributed by atoms with E-state index in [9.17, 15) is 0 Å². The topological polar surface area (TPSA) is 64.9 Å². The van der Waals surface area contributed by atoms with Crippen LogP contribution in [0, 0.1) is 0 Å². The normalized spacial score (nSPS) is 19.2. The predicted molar refractivity (Wildman–Crippen MR) is 114 cm³/mol. The van der Waals surface area contributed by atoms with Gasteiger partial charge in [0, 0.05) is 34.1 Å². The molecule has 4 heterocycles. The van der Waals surface area contributed by atoms with Crippen molar-refractivity contribution in [1.82, 2.24) is 19.7 Å². The van der Waals surface area contributed by atoms with E-state index in [2.05, 4.69) is 20.4 Å². The molecular formula is C23H16ClN5O. The Kier molecular flexibility index (Phi) is 3.86. The number of nitrogens with zero attached hydrogens (tertiary/aromatic N) is 4. The number of para-hydroxylation sites is 1. The summed E-state index contributed by atoms with van der Waals surface area (Å²) in [6.07, 6.45) is 4.79. The van der Waals surface area contributed by atoms with E-state index in [-0.39, 0.29) is 6.04 Å². The van der Waals surface area contributed by atoms with Gasteiger partial charge in [0.1, 0.15) is 18.1 Å². The summed E-state index contributed by atoms with van der Waals surface area (Å²) in [4.78, 5) is 8.77. The van der Waals surface area contributed by atoms with Crippen LogP contribution < -0.4 is 10.1 Å². The van der Waals surface area contributed by atoms with Crippen molar-refractivity contribution in [3.8, 4) is 5.75 Å². The molecule has 0 amide bonds. The lowest BCUT2D eigenvalue weighted by atomic mass is 9.85. The Balaban J connectivity index is 1.66. The molecule has 1 N–H and O–H groups in total. The third kappa shape index (κ3) is 2.54. The molecule has 0 saturated carbocycles. The number of rotatable bonds is 2. The molecule has 2 aromatic carbocycles. The minimum Gasteiger partial charge on any atom is -0.480 e. The number of pyridine rings is 1. The van der Waals surface area contributed by atoms with Crippen molar-refractivity contribution >= 4 is 23.2 Å². The maximum absolute atomic E-state index is 6.62. The monoisotopic (exact) mass is 413 g/mol. The molecular weight excluding hydrogens is 398 g/mol. The Morgan fingerprint density at radius 3 is 2.73 bits per heavy atom. The summed E-state index contributed by atoms with van der Waals surface area (Å²) < 4.78 is 8.42. The Morgan fingerprint density at radius 1 is 1.00 bits per heavy atom. The number of hydrogen-bond donors (Lipinski definition) is 1. The number of aromatic nitrogens is 4. The van der Waals surface area contributed by atoms with Crippen molar-refractivity contribution in [2.45, 2.75) is 12.1 Å². The quantitative estimate of drug-likeness (QED) is 0.507. The fraction of sp³-hybridized carbons (Fsp3) is 0.0870. The number of fused-ring (bicyclic) bond motifs is 3. The van der Waals surface area contributed by atoms with Crippen LogP contribution in [0.5, 0.6) is 5.75 Å². The molecule has 2 aliphatic rings. The van der Waals surface area contributed by atoms with E-state index in [0.29, 0.717) is 11.0 Å². The minimum absolute atomic E-state index is 0.234. The fourth-order valence-electron chi connectivity index (χ4n) is 4.22. The molecule has 30 heavy (non-hydrogen) atoms. The Bertz CT molecular complexity index is 1280. The van der Waals surface area contributed by atoms with Crippen molar-refractivity contribution in [1.29, 1.82) is 0 Å².